The minimum atomic E-state index is -0.961. The van der Waals surface area contributed by atoms with Gasteiger partial charge in [-0.25, -0.2) is 9.48 Å². The predicted octanol–water partition coefficient (Wildman–Crippen LogP) is 2.28. The number of hydrogen-bond donors (Lipinski definition) is 1. The number of hydrogen-bond acceptors (Lipinski definition) is 5. The Kier molecular flexibility index (Phi) is 4.88. The van der Waals surface area contributed by atoms with Crippen LogP contribution in [0, 0.1) is 6.92 Å². The number of benzene rings is 2. The van der Waals surface area contributed by atoms with Crippen molar-refractivity contribution >= 4 is 23.5 Å². The average molecular weight is 446 g/mol. The predicted molar refractivity (Wildman–Crippen MR) is 119 cm³/mol. The third-order valence-electron chi connectivity index (χ3n) is 6.28. The van der Waals surface area contributed by atoms with Crippen LogP contribution in [0.25, 0.3) is 5.69 Å². The molecule has 2 atom stereocenters. The molecule has 2 amide bonds. The van der Waals surface area contributed by atoms with E-state index in [4.69, 9.17) is 4.74 Å². The molecule has 1 fully saturated rings. The lowest BCUT2D eigenvalue weighted by Gasteiger charge is -2.29. The number of amides is 2. The van der Waals surface area contributed by atoms with Crippen LogP contribution in [-0.2, 0) is 21.4 Å². The van der Waals surface area contributed by atoms with Crippen molar-refractivity contribution in [2.45, 2.75) is 32.0 Å². The van der Waals surface area contributed by atoms with Crippen molar-refractivity contribution in [1.82, 2.24) is 14.3 Å². The van der Waals surface area contributed by atoms with Crippen LogP contribution in [0.5, 0.6) is 0 Å². The fourth-order valence-electron chi connectivity index (χ4n) is 4.51. The van der Waals surface area contributed by atoms with E-state index in [0.29, 0.717) is 22.5 Å². The summed E-state index contributed by atoms with van der Waals surface area (Å²) in [5.41, 5.74) is 1.95. The van der Waals surface area contributed by atoms with Gasteiger partial charge >= 0.3 is 5.97 Å². The Bertz CT molecular complexity index is 1340. The van der Waals surface area contributed by atoms with Crippen LogP contribution in [0.4, 0.5) is 5.69 Å². The normalized spacial score (nSPS) is 19.5. The molecule has 5 rings (SSSR count). The summed E-state index contributed by atoms with van der Waals surface area (Å²) in [7, 11) is 1.74. The number of rotatable bonds is 4. The minimum Gasteiger partial charge on any atom is -0.433 e. The minimum absolute atomic E-state index is 0.148. The number of carbonyl (C=O) groups excluding carboxylic acids is 3. The SMILES string of the molecule is Cc1c(NC(=O)C2CCC(=O)N2C2OC(=O)c3ccccc32)c(=O)n(-c2ccccc2)n1C. The molecule has 1 aromatic heterocycles. The van der Waals surface area contributed by atoms with Crippen LogP contribution in [-0.4, -0.2) is 38.1 Å². The first kappa shape index (κ1) is 20.7. The van der Waals surface area contributed by atoms with Gasteiger partial charge in [-0.1, -0.05) is 36.4 Å². The van der Waals surface area contributed by atoms with Gasteiger partial charge in [0.25, 0.3) is 5.56 Å². The van der Waals surface area contributed by atoms with Crippen molar-refractivity contribution in [1.29, 1.82) is 0 Å². The van der Waals surface area contributed by atoms with Crippen LogP contribution in [0.1, 0.15) is 40.7 Å². The zero-order valence-corrected chi connectivity index (χ0v) is 18.1. The molecule has 3 aromatic rings. The number of nitrogens with one attached hydrogen (secondary N) is 1. The summed E-state index contributed by atoms with van der Waals surface area (Å²) in [5, 5.41) is 2.73. The summed E-state index contributed by atoms with van der Waals surface area (Å²) in [6.45, 7) is 1.74. The van der Waals surface area contributed by atoms with Crippen LogP contribution in [0.2, 0.25) is 0 Å². The van der Waals surface area contributed by atoms with E-state index in [1.807, 2.05) is 18.2 Å². The first-order valence-electron chi connectivity index (χ1n) is 10.6. The van der Waals surface area contributed by atoms with Crippen molar-refractivity contribution in [2.24, 2.45) is 7.05 Å². The average Bonchev–Trinajstić information content (AvgIpc) is 3.43. The smallest absolute Gasteiger partial charge is 0.340 e. The number of esters is 1. The number of anilines is 1. The monoisotopic (exact) mass is 446 g/mol. The van der Waals surface area contributed by atoms with Gasteiger partial charge < -0.3 is 10.1 Å². The summed E-state index contributed by atoms with van der Waals surface area (Å²) < 4.78 is 8.60. The van der Waals surface area contributed by atoms with Crippen LogP contribution < -0.4 is 10.9 Å². The lowest BCUT2D eigenvalue weighted by molar-refractivity contribution is -0.144. The molecule has 2 aromatic carbocycles. The molecule has 0 saturated carbocycles. The number of likely N-dealkylation sites (tertiary alicyclic amines) is 1. The molecule has 9 nitrogen and oxygen atoms in total. The quantitative estimate of drug-likeness (QED) is 0.620. The molecule has 1 saturated heterocycles. The summed E-state index contributed by atoms with van der Waals surface area (Å²) >= 11 is 0. The van der Waals surface area contributed by atoms with Gasteiger partial charge in [0, 0.05) is 19.0 Å². The molecule has 168 valence electrons. The van der Waals surface area contributed by atoms with Crippen LogP contribution in [0.3, 0.4) is 0 Å². The third kappa shape index (κ3) is 3.24. The topological polar surface area (TPSA) is 103 Å². The molecule has 2 aliphatic heterocycles. The van der Waals surface area contributed by atoms with Gasteiger partial charge in [0.15, 0.2) is 0 Å². The largest absolute Gasteiger partial charge is 0.433 e. The van der Waals surface area contributed by atoms with Crippen LogP contribution >= 0.6 is 0 Å². The van der Waals surface area contributed by atoms with E-state index in [0.717, 1.165) is 0 Å². The van der Waals surface area contributed by atoms with Gasteiger partial charge in [-0.3, -0.25) is 24.0 Å². The fraction of sp³-hybridized carbons (Fsp3) is 0.250. The highest BCUT2D eigenvalue weighted by molar-refractivity contribution is 6.00. The Balaban J connectivity index is 1.46. The zero-order chi connectivity index (χ0) is 23.3. The number of aromatic nitrogens is 2. The van der Waals surface area contributed by atoms with E-state index in [1.165, 1.54) is 9.58 Å². The Labute approximate surface area is 189 Å². The first-order valence-corrected chi connectivity index (χ1v) is 10.6. The van der Waals surface area contributed by atoms with Gasteiger partial charge in [-0.15, -0.1) is 0 Å². The Morgan fingerprint density at radius 1 is 1.03 bits per heavy atom. The van der Waals surface area contributed by atoms with E-state index >= 15 is 0 Å². The zero-order valence-electron chi connectivity index (χ0n) is 18.1. The second-order valence-corrected chi connectivity index (χ2v) is 8.13. The molecule has 0 bridgehead atoms. The van der Waals surface area contributed by atoms with Crippen molar-refractivity contribution in [3.63, 3.8) is 0 Å². The van der Waals surface area contributed by atoms with E-state index < -0.39 is 24.1 Å². The van der Waals surface area contributed by atoms with Gasteiger partial charge in [0.2, 0.25) is 18.0 Å². The second-order valence-electron chi connectivity index (χ2n) is 8.13. The van der Waals surface area contributed by atoms with Crippen molar-refractivity contribution in [2.75, 3.05) is 5.32 Å². The Morgan fingerprint density at radius 3 is 2.48 bits per heavy atom. The third-order valence-corrected chi connectivity index (χ3v) is 6.28. The Morgan fingerprint density at radius 2 is 1.73 bits per heavy atom. The highest BCUT2D eigenvalue weighted by atomic mass is 16.6. The molecule has 9 heteroatoms. The number of fused-ring (bicyclic) bond motifs is 1. The molecule has 0 radical (unpaired) electrons. The maximum absolute atomic E-state index is 13.3. The molecule has 0 spiro atoms. The van der Waals surface area contributed by atoms with E-state index in [9.17, 15) is 19.2 Å². The van der Waals surface area contributed by atoms with Gasteiger partial charge in [0.1, 0.15) is 11.7 Å². The molecular formula is C24H22N4O5. The van der Waals surface area contributed by atoms with Gasteiger partial charge in [-0.2, -0.15) is 0 Å². The molecule has 2 unspecified atom stereocenters. The second kappa shape index (κ2) is 7.77. The molecular weight excluding hydrogens is 424 g/mol. The standard InChI is InChI=1S/C24H22N4O5/c1-14-20(22(31)28(26(14)2)15-8-4-3-5-9-15)25-21(30)18-12-13-19(29)27(18)23-16-10-6-7-11-17(16)24(32)33-23/h3-11,18,23H,12-13H2,1-2H3,(H,25,30). The summed E-state index contributed by atoms with van der Waals surface area (Å²) in [6, 6.07) is 15.1. The Hall–Kier alpha value is -4.14. The molecule has 0 aliphatic carbocycles. The molecule has 2 aliphatic rings. The van der Waals surface area contributed by atoms with Gasteiger partial charge in [0.05, 0.1) is 16.9 Å². The van der Waals surface area contributed by atoms with Crippen molar-refractivity contribution < 1.29 is 19.1 Å². The maximum atomic E-state index is 13.3. The summed E-state index contributed by atoms with van der Waals surface area (Å²) in [6.07, 6.45) is -0.548. The van der Waals surface area contributed by atoms with Crippen LogP contribution in [0.15, 0.2) is 59.4 Å². The molecule has 3 heterocycles. The highest BCUT2D eigenvalue weighted by Crippen LogP contribution is 2.38. The number of para-hydroxylation sites is 1. The maximum Gasteiger partial charge on any atom is 0.340 e. The first-order chi connectivity index (χ1) is 15.9. The lowest BCUT2D eigenvalue weighted by Crippen LogP contribution is -2.44. The van der Waals surface area contributed by atoms with E-state index in [2.05, 4.69) is 5.32 Å². The number of nitrogens with zero attached hydrogens (tertiary/aromatic N) is 3. The number of carbonyl (C=O) groups is 3. The number of cyclic esters (lactones) is 1. The highest BCUT2D eigenvalue weighted by Gasteiger charge is 2.46. The van der Waals surface area contributed by atoms with E-state index in [1.54, 1.807) is 55.1 Å². The fourth-order valence-corrected chi connectivity index (χ4v) is 4.51. The van der Waals surface area contributed by atoms with Crippen molar-refractivity contribution in [3.05, 3.63) is 81.8 Å². The van der Waals surface area contributed by atoms with Crippen molar-refractivity contribution in [3.8, 4) is 5.69 Å². The molecule has 1 N–H and O–H groups in total. The van der Waals surface area contributed by atoms with Gasteiger partial charge in [-0.05, 0) is 31.5 Å². The summed E-state index contributed by atoms with van der Waals surface area (Å²) in [4.78, 5) is 52.7. The molecule has 33 heavy (non-hydrogen) atoms. The summed E-state index contributed by atoms with van der Waals surface area (Å²) in [5.74, 6) is -1.30. The lowest BCUT2D eigenvalue weighted by atomic mass is 10.1. The number of ether oxygens (including phenoxy) is 1. The van der Waals surface area contributed by atoms with E-state index in [-0.39, 0.29) is 30.0 Å².